The number of methoxy groups -OCH3 is 1. The van der Waals surface area contributed by atoms with Gasteiger partial charge < -0.3 is 24.8 Å². The average Bonchev–Trinajstić information content (AvgIpc) is 3.52. The van der Waals surface area contributed by atoms with E-state index in [2.05, 4.69) is 32.1 Å². The Kier molecular flexibility index (Phi) is 8.16. The summed E-state index contributed by atoms with van der Waals surface area (Å²) in [5, 5.41) is 5.99. The first kappa shape index (κ1) is 28.1. The van der Waals surface area contributed by atoms with Crippen LogP contribution < -0.4 is 25.0 Å². The van der Waals surface area contributed by atoms with E-state index >= 15 is 0 Å². The number of nitrogens with one attached hydrogen (secondary N) is 2. The lowest BCUT2D eigenvalue weighted by molar-refractivity contribution is -0.111. The highest BCUT2D eigenvalue weighted by atomic mass is 16.5. The van der Waals surface area contributed by atoms with Crippen LogP contribution >= 0.6 is 0 Å². The molecule has 6 rings (SSSR count). The van der Waals surface area contributed by atoms with Crippen molar-refractivity contribution in [3.8, 4) is 11.5 Å². The van der Waals surface area contributed by atoms with Gasteiger partial charge in [0.05, 0.1) is 38.2 Å². The van der Waals surface area contributed by atoms with Gasteiger partial charge in [-0.3, -0.25) is 29.3 Å². The second-order valence-electron chi connectivity index (χ2n) is 9.94. The van der Waals surface area contributed by atoms with E-state index in [-0.39, 0.29) is 17.8 Å². The molecule has 1 fully saturated rings. The molecule has 13 nitrogen and oxygen atoms in total. The van der Waals surface area contributed by atoms with Crippen LogP contribution in [0.15, 0.2) is 66.3 Å². The monoisotopic (exact) mass is 584 g/mol. The van der Waals surface area contributed by atoms with Crippen molar-refractivity contribution in [1.82, 2.24) is 19.8 Å². The second-order valence-corrected chi connectivity index (χ2v) is 9.94. The smallest absolute Gasteiger partial charge is 0.266 e. The van der Waals surface area contributed by atoms with Crippen LogP contribution in [0.4, 0.5) is 28.8 Å². The van der Waals surface area contributed by atoms with Gasteiger partial charge in [0, 0.05) is 44.1 Å². The van der Waals surface area contributed by atoms with Gasteiger partial charge in [-0.2, -0.15) is 4.98 Å². The molecule has 2 N–H and O–H groups in total. The summed E-state index contributed by atoms with van der Waals surface area (Å²) >= 11 is 0. The van der Waals surface area contributed by atoms with Gasteiger partial charge in [0.15, 0.2) is 5.82 Å². The molecule has 2 aromatic carbocycles. The predicted octanol–water partition coefficient (Wildman–Crippen LogP) is 3.03. The van der Waals surface area contributed by atoms with Crippen molar-refractivity contribution in [1.29, 1.82) is 0 Å². The SMILES string of the molecule is C=CC(=O)Nc1cccc(N2C3=NCCN3C(=O)c3cnc(Nc4ccc(OCCN5CCOCC5)cc4OC)nc32)c1. The minimum Gasteiger partial charge on any atom is -0.494 e. The summed E-state index contributed by atoms with van der Waals surface area (Å²) in [4.78, 5) is 44.8. The molecular weight excluding hydrogens is 552 g/mol. The molecule has 3 aliphatic rings. The Hall–Kier alpha value is -5.01. The Morgan fingerprint density at radius 1 is 1.16 bits per heavy atom. The number of fused-ring (bicyclic) bond motifs is 2. The summed E-state index contributed by atoms with van der Waals surface area (Å²) in [6, 6.07) is 12.7. The Bertz CT molecular complexity index is 1570. The van der Waals surface area contributed by atoms with Crippen molar-refractivity contribution < 1.29 is 23.8 Å². The molecule has 0 radical (unpaired) electrons. The number of guanidine groups is 1. The number of rotatable bonds is 10. The first-order valence-electron chi connectivity index (χ1n) is 14.0. The topological polar surface area (TPSA) is 134 Å². The van der Waals surface area contributed by atoms with Gasteiger partial charge in [-0.15, -0.1) is 0 Å². The third-order valence-electron chi connectivity index (χ3n) is 7.23. The van der Waals surface area contributed by atoms with Crippen LogP contribution in [0.2, 0.25) is 0 Å². The van der Waals surface area contributed by atoms with E-state index in [1.807, 2.05) is 24.3 Å². The number of nitrogens with zero attached hydrogens (tertiary/aromatic N) is 6. The fourth-order valence-electron chi connectivity index (χ4n) is 5.07. The zero-order valence-electron chi connectivity index (χ0n) is 23.8. The van der Waals surface area contributed by atoms with Crippen LogP contribution in [0.25, 0.3) is 0 Å². The maximum Gasteiger partial charge on any atom is 0.266 e. The van der Waals surface area contributed by atoms with Gasteiger partial charge >= 0.3 is 0 Å². The molecule has 0 unspecified atom stereocenters. The number of benzene rings is 2. The van der Waals surface area contributed by atoms with Crippen molar-refractivity contribution in [2.45, 2.75) is 0 Å². The number of morpholine rings is 1. The van der Waals surface area contributed by atoms with Crippen LogP contribution in [-0.4, -0.2) is 97.2 Å². The van der Waals surface area contributed by atoms with Gasteiger partial charge in [0.2, 0.25) is 17.8 Å². The third kappa shape index (κ3) is 5.98. The molecule has 43 heavy (non-hydrogen) atoms. The van der Waals surface area contributed by atoms with Crippen LogP contribution in [-0.2, 0) is 9.53 Å². The van der Waals surface area contributed by atoms with Gasteiger partial charge in [0.1, 0.15) is 23.7 Å². The molecule has 2 amide bonds. The van der Waals surface area contributed by atoms with Gasteiger partial charge in [-0.25, -0.2) is 4.98 Å². The average molecular weight is 585 g/mol. The van der Waals surface area contributed by atoms with Crippen LogP contribution in [0.3, 0.4) is 0 Å². The normalized spacial score (nSPS) is 16.2. The van der Waals surface area contributed by atoms with E-state index in [1.165, 1.54) is 12.3 Å². The number of carbonyl (C=O) groups is 2. The summed E-state index contributed by atoms with van der Waals surface area (Å²) in [6.45, 7) is 9.10. The highest BCUT2D eigenvalue weighted by molar-refractivity contribution is 6.21. The zero-order chi connectivity index (χ0) is 29.8. The van der Waals surface area contributed by atoms with Crippen molar-refractivity contribution >= 4 is 46.6 Å². The Morgan fingerprint density at radius 2 is 2.02 bits per heavy atom. The molecule has 0 bridgehead atoms. The molecule has 0 aliphatic carbocycles. The number of hydrogen-bond donors (Lipinski definition) is 2. The number of aromatic nitrogens is 2. The molecular formula is C30H32N8O5. The van der Waals surface area contributed by atoms with E-state index in [0.717, 1.165) is 32.8 Å². The summed E-state index contributed by atoms with van der Waals surface area (Å²) < 4.78 is 17.0. The maximum atomic E-state index is 13.3. The molecule has 0 saturated carbocycles. The van der Waals surface area contributed by atoms with Crippen molar-refractivity contribution in [2.24, 2.45) is 4.99 Å². The second kappa shape index (κ2) is 12.5. The van der Waals surface area contributed by atoms with Crippen molar-refractivity contribution in [3.05, 3.63) is 66.9 Å². The first-order chi connectivity index (χ1) is 21.0. The van der Waals surface area contributed by atoms with Gasteiger partial charge in [0.25, 0.3) is 5.91 Å². The third-order valence-corrected chi connectivity index (χ3v) is 7.23. The van der Waals surface area contributed by atoms with Crippen LogP contribution in [0.1, 0.15) is 10.4 Å². The van der Waals surface area contributed by atoms with Gasteiger partial charge in [-0.1, -0.05) is 12.6 Å². The number of amides is 2. The predicted molar refractivity (Wildman–Crippen MR) is 162 cm³/mol. The molecule has 3 aliphatic heterocycles. The molecule has 1 saturated heterocycles. The minimum atomic E-state index is -0.331. The summed E-state index contributed by atoms with van der Waals surface area (Å²) in [5.41, 5.74) is 2.20. The summed E-state index contributed by atoms with van der Waals surface area (Å²) in [5.74, 6) is 1.78. The molecule has 13 heteroatoms. The fraction of sp³-hybridized carbons (Fsp3) is 0.300. The Balaban J connectivity index is 1.25. The van der Waals surface area contributed by atoms with Gasteiger partial charge in [-0.05, 0) is 36.4 Å². The van der Waals surface area contributed by atoms with E-state index in [9.17, 15) is 9.59 Å². The minimum absolute atomic E-state index is 0.221. The highest BCUT2D eigenvalue weighted by Crippen LogP contribution is 2.37. The van der Waals surface area contributed by atoms with Crippen LogP contribution in [0, 0.1) is 0 Å². The number of anilines is 5. The molecule has 3 aromatic rings. The molecule has 4 heterocycles. The fourth-order valence-corrected chi connectivity index (χ4v) is 5.07. The van der Waals surface area contributed by atoms with E-state index < -0.39 is 0 Å². The summed E-state index contributed by atoms with van der Waals surface area (Å²) in [6.07, 6.45) is 2.71. The molecule has 1 aromatic heterocycles. The van der Waals surface area contributed by atoms with E-state index in [0.29, 0.717) is 65.6 Å². The lowest BCUT2D eigenvalue weighted by atomic mass is 10.1. The van der Waals surface area contributed by atoms with E-state index in [1.54, 1.807) is 35.1 Å². The lowest BCUT2D eigenvalue weighted by Crippen LogP contribution is -2.48. The Labute approximate surface area is 248 Å². The number of carbonyl (C=O) groups excluding carboxylic acids is 2. The Morgan fingerprint density at radius 3 is 2.84 bits per heavy atom. The highest BCUT2D eigenvalue weighted by Gasteiger charge is 2.40. The summed E-state index contributed by atoms with van der Waals surface area (Å²) in [7, 11) is 1.58. The standard InChI is InChI=1S/C30H32N8O5/c1-3-26(39)33-20-5-4-6-21(17-20)38-27-23(28(40)37-10-9-31-30(37)38)19-32-29(35-27)34-24-8-7-22(18-25(24)41-2)43-16-13-36-11-14-42-15-12-36/h3-8,17-19H,1,9-16H2,2H3,(H,33,39)(H,32,34,35). The largest absolute Gasteiger partial charge is 0.494 e. The number of hydrogen-bond acceptors (Lipinski definition) is 11. The quantitative estimate of drug-likeness (QED) is 0.343. The number of ether oxygens (including phenoxy) is 3. The maximum absolute atomic E-state index is 13.3. The molecule has 0 spiro atoms. The zero-order valence-corrected chi connectivity index (χ0v) is 23.8. The number of aliphatic imine (C=N–C) groups is 1. The van der Waals surface area contributed by atoms with Crippen LogP contribution in [0.5, 0.6) is 11.5 Å². The first-order valence-corrected chi connectivity index (χ1v) is 14.0. The molecule has 0 atom stereocenters. The van der Waals surface area contributed by atoms with Crippen molar-refractivity contribution in [2.75, 3.05) is 75.2 Å². The van der Waals surface area contributed by atoms with Crippen molar-refractivity contribution in [3.63, 3.8) is 0 Å². The van der Waals surface area contributed by atoms with E-state index in [4.69, 9.17) is 19.2 Å². The lowest BCUT2D eigenvalue weighted by Gasteiger charge is -2.35. The molecule has 222 valence electrons.